The van der Waals surface area contributed by atoms with Gasteiger partial charge in [-0.3, -0.25) is 14.9 Å². The van der Waals surface area contributed by atoms with Gasteiger partial charge < -0.3 is 5.32 Å². The van der Waals surface area contributed by atoms with Crippen LogP contribution in [0.5, 0.6) is 0 Å². The van der Waals surface area contributed by atoms with E-state index < -0.39 is 20.9 Å². The number of nitrogens with zero attached hydrogens (tertiary/aromatic N) is 1. The number of primary sulfonamides is 1. The highest BCUT2D eigenvalue weighted by atomic mass is 32.2. The predicted octanol–water partition coefficient (Wildman–Crippen LogP) is 1.80. The van der Waals surface area contributed by atoms with Gasteiger partial charge in [0.25, 0.3) is 11.6 Å². The molecule has 1 amide bonds. The maximum absolute atomic E-state index is 12.1. The largest absolute Gasteiger partial charge is 0.322 e. The SMILES string of the molecule is Cc1ccc(NC(=O)c2ccc([N+](=O)[O-])cc2)cc1S(N)(=O)=O. The predicted molar refractivity (Wildman–Crippen MR) is 83.6 cm³/mol. The molecular weight excluding hydrogens is 322 g/mol. The number of carbonyl (C=O) groups is 1. The van der Waals surface area contributed by atoms with Crippen molar-refractivity contribution in [2.24, 2.45) is 5.14 Å². The molecule has 2 aromatic carbocycles. The Kier molecular flexibility index (Phi) is 4.43. The molecule has 9 heteroatoms. The first kappa shape index (κ1) is 16.6. The Morgan fingerprint density at radius 3 is 2.30 bits per heavy atom. The standard InChI is InChI=1S/C14H13N3O5S/c1-9-2-5-11(8-13(9)23(15,21)22)16-14(18)10-3-6-12(7-4-10)17(19)20/h2-8H,1H3,(H,16,18)(H2,15,21,22). The molecule has 0 aromatic heterocycles. The van der Waals surface area contributed by atoms with E-state index in [-0.39, 0.29) is 21.8 Å². The third-order valence-corrected chi connectivity index (χ3v) is 4.15. The number of benzene rings is 2. The van der Waals surface area contributed by atoms with Crippen LogP contribution in [-0.2, 0) is 10.0 Å². The van der Waals surface area contributed by atoms with Crippen LogP contribution in [0.25, 0.3) is 0 Å². The third kappa shape index (κ3) is 3.90. The number of nitrogens with one attached hydrogen (secondary N) is 1. The van der Waals surface area contributed by atoms with Gasteiger partial charge in [-0.1, -0.05) is 6.07 Å². The van der Waals surface area contributed by atoms with Crippen molar-refractivity contribution in [3.8, 4) is 0 Å². The number of anilines is 1. The molecule has 2 aromatic rings. The van der Waals surface area contributed by atoms with E-state index in [1.807, 2.05) is 0 Å². The summed E-state index contributed by atoms with van der Waals surface area (Å²) in [5.74, 6) is -0.524. The van der Waals surface area contributed by atoms with E-state index in [2.05, 4.69) is 5.32 Å². The molecular formula is C14H13N3O5S. The van der Waals surface area contributed by atoms with Crippen LogP contribution in [0.2, 0.25) is 0 Å². The summed E-state index contributed by atoms with van der Waals surface area (Å²) >= 11 is 0. The zero-order valence-corrected chi connectivity index (χ0v) is 12.8. The lowest BCUT2D eigenvalue weighted by atomic mass is 10.2. The van der Waals surface area contributed by atoms with Crippen LogP contribution in [0.4, 0.5) is 11.4 Å². The maximum atomic E-state index is 12.1. The van der Waals surface area contributed by atoms with E-state index in [1.165, 1.54) is 42.5 Å². The normalized spacial score (nSPS) is 11.0. The number of hydrogen-bond acceptors (Lipinski definition) is 5. The topological polar surface area (TPSA) is 132 Å². The number of amides is 1. The number of sulfonamides is 1. The van der Waals surface area contributed by atoms with Crippen molar-refractivity contribution in [3.63, 3.8) is 0 Å². The van der Waals surface area contributed by atoms with E-state index in [1.54, 1.807) is 6.92 Å². The monoisotopic (exact) mass is 335 g/mol. The fourth-order valence-electron chi connectivity index (χ4n) is 1.92. The lowest BCUT2D eigenvalue weighted by Gasteiger charge is -2.09. The fourth-order valence-corrected chi connectivity index (χ4v) is 2.73. The quantitative estimate of drug-likeness (QED) is 0.649. The summed E-state index contributed by atoms with van der Waals surface area (Å²) in [6, 6.07) is 9.34. The summed E-state index contributed by atoms with van der Waals surface area (Å²) in [5, 5.41) is 18.2. The second kappa shape index (κ2) is 6.15. The summed E-state index contributed by atoms with van der Waals surface area (Å²) in [6.07, 6.45) is 0. The van der Waals surface area contributed by atoms with Gasteiger partial charge in [-0.05, 0) is 36.8 Å². The minimum atomic E-state index is -3.90. The Morgan fingerprint density at radius 1 is 1.17 bits per heavy atom. The van der Waals surface area contributed by atoms with Gasteiger partial charge in [0.15, 0.2) is 0 Å². The minimum Gasteiger partial charge on any atom is -0.322 e. The van der Waals surface area contributed by atoms with Crippen molar-refractivity contribution in [3.05, 3.63) is 63.7 Å². The summed E-state index contributed by atoms with van der Waals surface area (Å²) < 4.78 is 22.9. The molecule has 0 saturated heterocycles. The molecule has 0 bridgehead atoms. The molecule has 0 aliphatic heterocycles. The van der Waals surface area contributed by atoms with Gasteiger partial charge in [0, 0.05) is 23.4 Å². The van der Waals surface area contributed by atoms with E-state index in [9.17, 15) is 23.3 Å². The molecule has 0 radical (unpaired) electrons. The van der Waals surface area contributed by atoms with Crippen LogP contribution in [0.3, 0.4) is 0 Å². The first-order chi connectivity index (χ1) is 10.7. The van der Waals surface area contributed by atoms with Gasteiger partial charge in [-0.25, -0.2) is 13.6 Å². The Balaban J connectivity index is 2.25. The van der Waals surface area contributed by atoms with Crippen molar-refractivity contribution in [1.82, 2.24) is 0 Å². The number of nitro groups is 1. The van der Waals surface area contributed by atoms with Crippen LogP contribution in [0.15, 0.2) is 47.4 Å². The molecule has 0 aliphatic carbocycles. The van der Waals surface area contributed by atoms with E-state index >= 15 is 0 Å². The minimum absolute atomic E-state index is 0.0843. The molecule has 0 saturated carbocycles. The molecule has 0 aliphatic rings. The van der Waals surface area contributed by atoms with E-state index in [4.69, 9.17) is 5.14 Å². The first-order valence-electron chi connectivity index (χ1n) is 6.38. The summed E-state index contributed by atoms with van der Waals surface area (Å²) in [6.45, 7) is 1.58. The first-order valence-corrected chi connectivity index (χ1v) is 7.92. The summed E-state index contributed by atoms with van der Waals surface area (Å²) in [7, 11) is -3.90. The molecule has 0 heterocycles. The van der Waals surface area contributed by atoms with Crippen LogP contribution < -0.4 is 10.5 Å². The van der Waals surface area contributed by atoms with Crippen molar-refractivity contribution in [1.29, 1.82) is 0 Å². The van der Waals surface area contributed by atoms with Gasteiger partial charge in [-0.15, -0.1) is 0 Å². The Labute approximate surface area is 132 Å². The molecule has 2 rings (SSSR count). The van der Waals surface area contributed by atoms with Crippen molar-refractivity contribution in [2.45, 2.75) is 11.8 Å². The second-order valence-electron chi connectivity index (χ2n) is 4.78. The van der Waals surface area contributed by atoms with Gasteiger partial charge in [-0.2, -0.15) is 0 Å². The van der Waals surface area contributed by atoms with Gasteiger partial charge >= 0.3 is 0 Å². The molecule has 0 unspecified atom stereocenters. The van der Waals surface area contributed by atoms with Gasteiger partial charge in [0.2, 0.25) is 10.0 Å². The highest BCUT2D eigenvalue weighted by Crippen LogP contribution is 2.20. The Bertz CT molecular complexity index is 876. The molecule has 23 heavy (non-hydrogen) atoms. The van der Waals surface area contributed by atoms with Crippen molar-refractivity contribution < 1.29 is 18.1 Å². The van der Waals surface area contributed by atoms with E-state index in [0.717, 1.165) is 0 Å². The number of nitro benzene ring substituents is 1. The van der Waals surface area contributed by atoms with Crippen LogP contribution in [0, 0.1) is 17.0 Å². The lowest BCUT2D eigenvalue weighted by Crippen LogP contribution is -2.16. The molecule has 8 nitrogen and oxygen atoms in total. The number of non-ortho nitro benzene ring substituents is 1. The smallest absolute Gasteiger partial charge is 0.269 e. The van der Waals surface area contributed by atoms with E-state index in [0.29, 0.717) is 5.56 Å². The van der Waals surface area contributed by atoms with Crippen LogP contribution >= 0.6 is 0 Å². The molecule has 120 valence electrons. The fraction of sp³-hybridized carbons (Fsp3) is 0.0714. The number of hydrogen-bond donors (Lipinski definition) is 2. The highest BCUT2D eigenvalue weighted by Gasteiger charge is 2.14. The summed E-state index contributed by atoms with van der Waals surface area (Å²) in [4.78, 5) is 22.0. The van der Waals surface area contributed by atoms with Crippen LogP contribution in [-0.4, -0.2) is 19.2 Å². The van der Waals surface area contributed by atoms with Crippen molar-refractivity contribution >= 4 is 27.3 Å². The van der Waals surface area contributed by atoms with Gasteiger partial charge in [0.1, 0.15) is 0 Å². The molecule has 0 spiro atoms. The van der Waals surface area contributed by atoms with Gasteiger partial charge in [0.05, 0.1) is 9.82 Å². The van der Waals surface area contributed by atoms with Crippen molar-refractivity contribution in [2.75, 3.05) is 5.32 Å². The van der Waals surface area contributed by atoms with Crippen LogP contribution in [0.1, 0.15) is 15.9 Å². The number of nitrogens with two attached hydrogens (primary N) is 1. The number of carbonyl (C=O) groups excluding carboxylic acids is 1. The Hall–Kier alpha value is -2.78. The summed E-state index contributed by atoms with van der Waals surface area (Å²) in [5.41, 5.74) is 0.783. The number of rotatable bonds is 4. The maximum Gasteiger partial charge on any atom is 0.269 e. The molecule has 3 N–H and O–H groups in total. The number of aryl methyl sites for hydroxylation is 1. The average molecular weight is 335 g/mol. The second-order valence-corrected chi connectivity index (χ2v) is 6.31. The lowest BCUT2D eigenvalue weighted by molar-refractivity contribution is -0.384. The molecule has 0 atom stereocenters. The molecule has 0 fully saturated rings. The zero-order chi connectivity index (χ0) is 17.2. The highest BCUT2D eigenvalue weighted by molar-refractivity contribution is 7.89. The zero-order valence-electron chi connectivity index (χ0n) is 12.0. The Morgan fingerprint density at radius 2 is 1.78 bits per heavy atom. The third-order valence-electron chi connectivity index (χ3n) is 3.09. The average Bonchev–Trinajstić information content (AvgIpc) is 2.48.